The predicted molar refractivity (Wildman–Crippen MR) is 138 cm³/mol. The van der Waals surface area contributed by atoms with Gasteiger partial charge >= 0.3 is 12.3 Å². The molecule has 3 aliphatic rings. The van der Waals surface area contributed by atoms with E-state index in [0.29, 0.717) is 22.7 Å². The molecule has 7 rings (SSSR count). The number of hydrogen-bond donors (Lipinski definition) is 1. The van der Waals surface area contributed by atoms with Crippen LogP contribution in [-0.2, 0) is 11.3 Å². The van der Waals surface area contributed by atoms with Gasteiger partial charge in [0.2, 0.25) is 0 Å². The van der Waals surface area contributed by atoms with Crippen molar-refractivity contribution in [1.82, 2.24) is 19.8 Å². The van der Waals surface area contributed by atoms with Gasteiger partial charge in [0.25, 0.3) is 0 Å². The lowest BCUT2D eigenvalue weighted by Crippen LogP contribution is -2.46. The summed E-state index contributed by atoms with van der Waals surface area (Å²) in [5.41, 5.74) is 1.60. The van der Waals surface area contributed by atoms with Gasteiger partial charge in [0.05, 0.1) is 12.7 Å². The first-order chi connectivity index (χ1) is 19.7. The largest absolute Gasteiger partial charge is 0.573 e. The van der Waals surface area contributed by atoms with Crippen LogP contribution in [0.2, 0.25) is 0 Å². The van der Waals surface area contributed by atoms with Crippen LogP contribution < -0.4 is 9.64 Å². The van der Waals surface area contributed by atoms with Crippen molar-refractivity contribution in [2.24, 2.45) is 0 Å². The van der Waals surface area contributed by atoms with Crippen molar-refractivity contribution in [3.8, 4) is 17.0 Å². The van der Waals surface area contributed by atoms with Crippen LogP contribution >= 0.6 is 0 Å². The molecule has 4 aromatic rings. The van der Waals surface area contributed by atoms with Crippen molar-refractivity contribution in [3.05, 3.63) is 59.6 Å². The third-order valence-electron chi connectivity index (χ3n) is 8.08. The molecule has 2 unspecified atom stereocenters. The highest BCUT2D eigenvalue weighted by molar-refractivity contribution is 5.86. The van der Waals surface area contributed by atoms with Gasteiger partial charge in [-0.3, -0.25) is 0 Å². The fraction of sp³-hybridized carbons (Fsp3) is 0.429. The lowest BCUT2D eigenvalue weighted by molar-refractivity contribution is -0.274. The molecule has 13 heteroatoms. The van der Waals surface area contributed by atoms with E-state index in [0.717, 1.165) is 44.3 Å². The molecule has 0 amide bonds. The third-order valence-corrected chi connectivity index (χ3v) is 8.08. The summed E-state index contributed by atoms with van der Waals surface area (Å²) in [6.45, 7) is 0.174. The number of rotatable bonds is 8. The van der Waals surface area contributed by atoms with Gasteiger partial charge < -0.3 is 24.0 Å². The highest BCUT2D eigenvalue weighted by atomic mass is 19.4. The topological polar surface area (TPSA) is 115 Å². The number of aromatic carboxylic acids is 1. The molecule has 0 radical (unpaired) electrons. The maximum Gasteiger partial charge on any atom is 0.573 e. The van der Waals surface area contributed by atoms with E-state index in [1.165, 1.54) is 22.7 Å². The molecule has 41 heavy (non-hydrogen) atoms. The SMILES string of the molecule is O=C(O)c1cc2nc(N3C4CCC3CC(OCc3c(-c5ccccc5OC(F)(F)F)noc3C3CC3)C4)ccn2n1. The standard InChI is InChI=1S/C28H26F3N5O5/c29-28(30,31)40-22-4-2-1-3-19(22)25-20(26(41-34-25)15-5-6-15)14-39-18-11-16-7-8-17(12-18)36(16)23-9-10-35-24(32-23)13-21(33-35)27(37)38/h1-4,9-10,13,15-18H,5-8,11-12,14H2,(H,37,38). The first-order valence-electron chi connectivity index (χ1n) is 13.6. The average Bonchev–Trinajstić information content (AvgIpc) is 3.44. The maximum absolute atomic E-state index is 13.1. The lowest BCUT2D eigenvalue weighted by Gasteiger charge is -2.39. The van der Waals surface area contributed by atoms with E-state index in [4.69, 9.17) is 9.26 Å². The molecule has 1 aliphatic carbocycles. The number of ether oxygens (including phenoxy) is 2. The van der Waals surface area contributed by atoms with Crippen molar-refractivity contribution < 1.29 is 37.1 Å². The Balaban J connectivity index is 1.09. The second-order valence-electron chi connectivity index (χ2n) is 10.8. The molecule has 1 aromatic carbocycles. The number of alkyl halides is 3. The molecule has 3 aromatic heterocycles. The molecule has 3 fully saturated rings. The number of aromatic nitrogens is 4. The molecular weight excluding hydrogens is 543 g/mol. The van der Waals surface area contributed by atoms with E-state index >= 15 is 0 Å². The zero-order valence-corrected chi connectivity index (χ0v) is 21.8. The first kappa shape index (κ1) is 25.8. The number of benzene rings is 1. The number of carboxylic acid groups (broad SMARTS) is 1. The molecule has 1 saturated carbocycles. The second kappa shape index (κ2) is 9.75. The first-order valence-corrected chi connectivity index (χ1v) is 13.6. The summed E-state index contributed by atoms with van der Waals surface area (Å²) in [4.78, 5) is 18.3. The van der Waals surface area contributed by atoms with Crippen LogP contribution in [0.5, 0.6) is 5.75 Å². The van der Waals surface area contributed by atoms with Crippen molar-refractivity contribution in [3.63, 3.8) is 0 Å². The Morgan fingerprint density at radius 1 is 1.10 bits per heavy atom. The number of para-hydroxylation sites is 1. The number of halogens is 3. The number of anilines is 1. The lowest BCUT2D eigenvalue weighted by atomic mass is 9.99. The molecule has 10 nitrogen and oxygen atoms in total. The molecule has 2 aliphatic heterocycles. The summed E-state index contributed by atoms with van der Waals surface area (Å²) >= 11 is 0. The molecule has 5 heterocycles. The Morgan fingerprint density at radius 3 is 2.56 bits per heavy atom. The zero-order valence-electron chi connectivity index (χ0n) is 21.8. The predicted octanol–water partition coefficient (Wildman–Crippen LogP) is 5.58. The van der Waals surface area contributed by atoms with Crippen molar-refractivity contribution >= 4 is 17.4 Å². The van der Waals surface area contributed by atoms with E-state index < -0.39 is 12.3 Å². The Hall–Kier alpha value is -4.13. The number of carboxylic acids is 1. The van der Waals surface area contributed by atoms with Gasteiger partial charge in [-0.05, 0) is 56.7 Å². The fourth-order valence-electron chi connectivity index (χ4n) is 6.17. The van der Waals surface area contributed by atoms with Crippen LogP contribution in [-0.4, -0.2) is 55.4 Å². The number of carbonyl (C=O) groups is 1. The summed E-state index contributed by atoms with van der Waals surface area (Å²) in [6.07, 6.45) is 2.18. The van der Waals surface area contributed by atoms with Crippen molar-refractivity contribution in [2.45, 2.75) is 75.6 Å². The minimum atomic E-state index is -4.83. The third kappa shape index (κ3) is 4.98. The molecule has 1 N–H and O–H groups in total. The van der Waals surface area contributed by atoms with Gasteiger partial charge in [0.15, 0.2) is 11.3 Å². The minimum absolute atomic E-state index is 0.0578. The summed E-state index contributed by atoms with van der Waals surface area (Å²) in [5.74, 6) is 0.198. The summed E-state index contributed by atoms with van der Waals surface area (Å²) < 4.78 is 57.1. The summed E-state index contributed by atoms with van der Waals surface area (Å²) in [7, 11) is 0. The maximum atomic E-state index is 13.1. The molecule has 0 spiro atoms. The monoisotopic (exact) mass is 569 g/mol. The Kier molecular flexibility index (Phi) is 6.14. The van der Waals surface area contributed by atoms with Crippen LogP contribution in [0.25, 0.3) is 16.9 Å². The van der Waals surface area contributed by atoms with Crippen LogP contribution in [0.3, 0.4) is 0 Å². The van der Waals surface area contributed by atoms with Gasteiger partial charge in [-0.1, -0.05) is 17.3 Å². The molecular formula is C28H26F3N5O5. The molecule has 2 atom stereocenters. The minimum Gasteiger partial charge on any atom is -0.476 e. The smallest absolute Gasteiger partial charge is 0.476 e. The highest BCUT2D eigenvalue weighted by Crippen LogP contribution is 2.46. The van der Waals surface area contributed by atoms with E-state index in [2.05, 4.69) is 24.9 Å². The van der Waals surface area contributed by atoms with Gasteiger partial charge in [-0.15, -0.1) is 13.2 Å². The molecule has 214 valence electrons. The van der Waals surface area contributed by atoms with Gasteiger partial charge in [0.1, 0.15) is 23.0 Å². The zero-order chi connectivity index (χ0) is 28.3. The Bertz CT molecular complexity index is 1600. The summed E-state index contributed by atoms with van der Waals surface area (Å²) in [5, 5.41) is 17.4. The molecule has 2 bridgehead atoms. The Labute approximate surface area is 231 Å². The number of nitrogens with zero attached hydrogens (tertiary/aromatic N) is 5. The normalized spacial score (nSPS) is 22.4. The fourth-order valence-corrected chi connectivity index (χ4v) is 6.17. The van der Waals surface area contributed by atoms with Crippen LogP contribution in [0.15, 0.2) is 47.1 Å². The van der Waals surface area contributed by atoms with Crippen LogP contribution in [0.4, 0.5) is 19.0 Å². The number of hydrogen-bond acceptors (Lipinski definition) is 8. The van der Waals surface area contributed by atoms with E-state index in [9.17, 15) is 23.1 Å². The quantitative estimate of drug-likeness (QED) is 0.291. The van der Waals surface area contributed by atoms with E-state index in [-0.39, 0.29) is 47.7 Å². The van der Waals surface area contributed by atoms with Crippen LogP contribution in [0, 0.1) is 0 Å². The number of piperidine rings is 1. The Morgan fingerprint density at radius 2 is 1.85 bits per heavy atom. The summed E-state index contributed by atoms with van der Waals surface area (Å²) in [6, 6.07) is 9.63. The van der Waals surface area contributed by atoms with Gasteiger partial charge in [-0.25, -0.2) is 14.3 Å². The van der Waals surface area contributed by atoms with E-state index in [1.54, 1.807) is 18.3 Å². The highest BCUT2D eigenvalue weighted by Gasteiger charge is 2.42. The van der Waals surface area contributed by atoms with Crippen molar-refractivity contribution in [2.75, 3.05) is 4.90 Å². The van der Waals surface area contributed by atoms with E-state index in [1.807, 2.05) is 6.07 Å². The van der Waals surface area contributed by atoms with Gasteiger partial charge in [0, 0.05) is 41.4 Å². The van der Waals surface area contributed by atoms with Crippen molar-refractivity contribution in [1.29, 1.82) is 0 Å². The van der Waals surface area contributed by atoms with Gasteiger partial charge in [-0.2, -0.15) is 5.10 Å². The van der Waals surface area contributed by atoms with Crippen LogP contribution in [0.1, 0.15) is 66.3 Å². The second-order valence-corrected chi connectivity index (χ2v) is 10.8. The number of fused-ring (bicyclic) bond motifs is 3. The molecule has 2 saturated heterocycles. The average molecular weight is 570 g/mol.